The highest BCUT2D eigenvalue weighted by Gasteiger charge is 2.46. The Morgan fingerprint density at radius 3 is 2.67 bits per heavy atom. The molecule has 24 heavy (non-hydrogen) atoms. The monoisotopic (exact) mass is 394 g/mol. The van der Waals surface area contributed by atoms with Crippen LogP contribution in [0.4, 0.5) is 0 Å². The highest BCUT2D eigenvalue weighted by molar-refractivity contribution is 6.35. The number of hydrogen-bond acceptors (Lipinski definition) is 4. The first kappa shape index (κ1) is 19.6. The van der Waals surface area contributed by atoms with E-state index in [0.717, 1.165) is 25.9 Å². The van der Waals surface area contributed by atoms with Gasteiger partial charge in [-0.3, -0.25) is 4.79 Å². The normalized spacial score (nSPS) is 20.0. The largest absolute Gasteiger partial charge is 0.482 e. The van der Waals surface area contributed by atoms with E-state index in [-0.39, 0.29) is 24.9 Å². The molecule has 1 aromatic carbocycles. The van der Waals surface area contributed by atoms with E-state index in [0.29, 0.717) is 28.9 Å². The van der Waals surface area contributed by atoms with Crippen LogP contribution in [0.2, 0.25) is 10.0 Å². The Bertz CT molecular complexity index is 592. The summed E-state index contributed by atoms with van der Waals surface area (Å²) in [6.07, 6.45) is 1.66. The molecule has 1 spiro atoms. The second kappa shape index (κ2) is 8.11. The highest BCUT2D eigenvalue weighted by Crippen LogP contribution is 2.34. The molecular weight excluding hydrogens is 375 g/mol. The minimum Gasteiger partial charge on any atom is -0.482 e. The molecule has 0 aromatic heterocycles. The average Bonchev–Trinajstić information content (AvgIpc) is 2.93. The second-order valence-corrected chi connectivity index (χ2v) is 6.85. The SMILES string of the molecule is CN1CCC2(CC1)OCCN2C(=O)COc1ccc(Cl)cc1Cl.Cl. The number of amides is 1. The molecule has 0 radical (unpaired) electrons. The van der Waals surface area contributed by atoms with E-state index in [2.05, 4.69) is 11.9 Å². The summed E-state index contributed by atoms with van der Waals surface area (Å²) in [5.41, 5.74) is -0.462. The van der Waals surface area contributed by atoms with Gasteiger partial charge in [0.25, 0.3) is 5.91 Å². The van der Waals surface area contributed by atoms with Crippen molar-refractivity contribution in [3.8, 4) is 5.75 Å². The Hall–Kier alpha value is -0.720. The maximum Gasteiger partial charge on any atom is 0.262 e. The van der Waals surface area contributed by atoms with Gasteiger partial charge >= 0.3 is 0 Å². The third-order valence-corrected chi connectivity index (χ3v) is 5.02. The van der Waals surface area contributed by atoms with Gasteiger partial charge in [-0.25, -0.2) is 0 Å². The van der Waals surface area contributed by atoms with Crippen molar-refractivity contribution in [1.82, 2.24) is 9.80 Å². The van der Waals surface area contributed by atoms with Crippen LogP contribution >= 0.6 is 35.6 Å². The number of piperidine rings is 1. The van der Waals surface area contributed by atoms with Gasteiger partial charge in [0.05, 0.1) is 11.6 Å². The Morgan fingerprint density at radius 2 is 2.00 bits per heavy atom. The molecule has 1 amide bonds. The zero-order chi connectivity index (χ0) is 16.4. The van der Waals surface area contributed by atoms with Crippen LogP contribution in [0.1, 0.15) is 12.8 Å². The molecule has 2 saturated heterocycles. The fourth-order valence-electron chi connectivity index (χ4n) is 3.15. The van der Waals surface area contributed by atoms with Crippen molar-refractivity contribution in [1.29, 1.82) is 0 Å². The Labute approximate surface area is 158 Å². The molecule has 0 atom stereocenters. The summed E-state index contributed by atoms with van der Waals surface area (Å²) < 4.78 is 11.5. The fraction of sp³-hybridized carbons (Fsp3) is 0.562. The number of halogens is 3. The van der Waals surface area contributed by atoms with Crippen molar-refractivity contribution in [3.63, 3.8) is 0 Å². The standard InChI is InChI=1S/C16H20Cl2N2O3.ClH/c1-19-6-4-16(5-7-19)20(8-9-23-16)15(21)11-22-14-3-2-12(17)10-13(14)18;/h2-3,10H,4-9,11H2,1H3;1H. The molecule has 2 fully saturated rings. The Morgan fingerprint density at radius 1 is 1.29 bits per heavy atom. The van der Waals surface area contributed by atoms with Crippen molar-refractivity contribution in [2.24, 2.45) is 0 Å². The van der Waals surface area contributed by atoms with Gasteiger partial charge in [-0.05, 0) is 25.2 Å². The third kappa shape index (κ3) is 4.09. The van der Waals surface area contributed by atoms with Crippen molar-refractivity contribution < 1.29 is 14.3 Å². The molecule has 0 unspecified atom stereocenters. The zero-order valence-electron chi connectivity index (χ0n) is 13.5. The van der Waals surface area contributed by atoms with E-state index < -0.39 is 5.72 Å². The van der Waals surface area contributed by atoms with Gasteiger partial charge in [0, 0.05) is 37.5 Å². The molecule has 0 aliphatic carbocycles. The molecule has 3 rings (SSSR count). The Kier molecular flexibility index (Phi) is 6.62. The molecular formula is C16H21Cl3N2O3. The number of nitrogens with zero attached hydrogens (tertiary/aromatic N) is 2. The van der Waals surface area contributed by atoms with E-state index in [4.69, 9.17) is 32.7 Å². The van der Waals surface area contributed by atoms with Crippen LogP contribution in [0.3, 0.4) is 0 Å². The second-order valence-electron chi connectivity index (χ2n) is 6.01. The average molecular weight is 396 g/mol. The Balaban J connectivity index is 0.00000208. The predicted molar refractivity (Wildman–Crippen MR) is 96.3 cm³/mol. The molecule has 2 aliphatic rings. The summed E-state index contributed by atoms with van der Waals surface area (Å²) in [5.74, 6) is 0.389. The number of carbonyl (C=O) groups excluding carboxylic acids is 1. The number of hydrogen-bond donors (Lipinski definition) is 0. The third-order valence-electron chi connectivity index (χ3n) is 4.49. The van der Waals surface area contributed by atoms with E-state index in [1.165, 1.54) is 0 Å². The van der Waals surface area contributed by atoms with Gasteiger partial charge in [0.2, 0.25) is 0 Å². The van der Waals surface area contributed by atoms with Crippen LogP contribution in [-0.4, -0.2) is 61.3 Å². The summed E-state index contributed by atoms with van der Waals surface area (Å²) in [6, 6.07) is 4.95. The van der Waals surface area contributed by atoms with E-state index in [9.17, 15) is 4.79 Å². The van der Waals surface area contributed by atoms with Crippen molar-refractivity contribution in [3.05, 3.63) is 28.2 Å². The lowest BCUT2D eigenvalue weighted by molar-refractivity contribution is -0.159. The van der Waals surface area contributed by atoms with Crippen LogP contribution in [0.25, 0.3) is 0 Å². The first-order valence-corrected chi connectivity index (χ1v) is 8.47. The van der Waals surface area contributed by atoms with Gasteiger partial charge in [-0.2, -0.15) is 0 Å². The summed E-state index contributed by atoms with van der Waals surface area (Å²) in [6.45, 7) is 2.99. The number of benzene rings is 1. The highest BCUT2D eigenvalue weighted by atomic mass is 35.5. The molecule has 8 heteroatoms. The quantitative estimate of drug-likeness (QED) is 0.789. The van der Waals surface area contributed by atoms with Crippen LogP contribution < -0.4 is 4.74 Å². The molecule has 2 heterocycles. The molecule has 1 aromatic rings. The fourth-order valence-corrected chi connectivity index (χ4v) is 3.62. The number of likely N-dealkylation sites (tertiary alicyclic amines) is 1. The van der Waals surface area contributed by atoms with Crippen molar-refractivity contribution in [2.45, 2.75) is 18.6 Å². The van der Waals surface area contributed by atoms with Gasteiger partial charge in [0.15, 0.2) is 6.61 Å². The number of ether oxygens (including phenoxy) is 2. The smallest absolute Gasteiger partial charge is 0.262 e. The number of rotatable bonds is 3. The molecule has 5 nitrogen and oxygen atoms in total. The lowest BCUT2D eigenvalue weighted by atomic mass is 9.99. The van der Waals surface area contributed by atoms with E-state index >= 15 is 0 Å². The van der Waals surface area contributed by atoms with Crippen LogP contribution in [0.15, 0.2) is 18.2 Å². The van der Waals surface area contributed by atoms with E-state index in [1.807, 2.05) is 4.90 Å². The molecule has 0 saturated carbocycles. The molecule has 2 aliphatic heterocycles. The lowest BCUT2D eigenvalue weighted by Gasteiger charge is -2.42. The molecule has 134 valence electrons. The zero-order valence-corrected chi connectivity index (χ0v) is 15.8. The first-order valence-electron chi connectivity index (χ1n) is 7.71. The maximum atomic E-state index is 12.6. The van der Waals surface area contributed by atoms with E-state index in [1.54, 1.807) is 18.2 Å². The lowest BCUT2D eigenvalue weighted by Crippen LogP contribution is -2.55. The molecule has 0 bridgehead atoms. The first-order chi connectivity index (χ1) is 11.0. The van der Waals surface area contributed by atoms with Gasteiger partial charge in [-0.15, -0.1) is 12.4 Å². The van der Waals surface area contributed by atoms with Gasteiger partial charge in [-0.1, -0.05) is 23.2 Å². The summed E-state index contributed by atoms with van der Waals surface area (Å²) in [7, 11) is 2.08. The summed E-state index contributed by atoms with van der Waals surface area (Å²) >= 11 is 11.9. The topological polar surface area (TPSA) is 42.0 Å². The van der Waals surface area contributed by atoms with Crippen LogP contribution in [-0.2, 0) is 9.53 Å². The summed E-state index contributed by atoms with van der Waals surface area (Å²) in [4.78, 5) is 16.7. The predicted octanol–water partition coefficient (Wildman–Crippen LogP) is 3.07. The number of carbonyl (C=O) groups is 1. The minimum absolute atomic E-state index is 0. The van der Waals surface area contributed by atoms with Gasteiger partial charge < -0.3 is 19.3 Å². The minimum atomic E-state index is -0.462. The maximum absolute atomic E-state index is 12.6. The summed E-state index contributed by atoms with van der Waals surface area (Å²) in [5, 5.41) is 0.934. The van der Waals surface area contributed by atoms with Crippen molar-refractivity contribution in [2.75, 3.05) is 39.9 Å². The molecule has 0 N–H and O–H groups in total. The van der Waals surface area contributed by atoms with Gasteiger partial charge in [0.1, 0.15) is 11.5 Å². The van der Waals surface area contributed by atoms with Crippen LogP contribution in [0, 0.1) is 0 Å². The van der Waals surface area contributed by atoms with Crippen molar-refractivity contribution >= 4 is 41.5 Å². The van der Waals surface area contributed by atoms with Crippen LogP contribution in [0.5, 0.6) is 5.75 Å².